The lowest BCUT2D eigenvalue weighted by atomic mass is 9.98. The molecule has 56 heavy (non-hydrogen) atoms. The molecule has 0 N–H and O–H groups in total. The maximum absolute atomic E-state index is 14.9. The van der Waals surface area contributed by atoms with E-state index in [9.17, 15) is 14.0 Å². The van der Waals surface area contributed by atoms with Crippen molar-refractivity contribution in [1.29, 1.82) is 0 Å². The van der Waals surface area contributed by atoms with E-state index >= 15 is 0 Å². The first kappa shape index (κ1) is 35.6. The molecule has 0 radical (unpaired) electrons. The number of rotatable bonds is 10. The van der Waals surface area contributed by atoms with E-state index in [1.54, 1.807) is 41.2 Å². The summed E-state index contributed by atoms with van der Waals surface area (Å²) in [5.74, 6) is 3.77. The molecule has 8 rings (SSSR count). The van der Waals surface area contributed by atoms with Gasteiger partial charge in [0.05, 0.1) is 60.5 Å². The van der Waals surface area contributed by atoms with E-state index in [0.717, 1.165) is 28.1 Å². The largest absolute Gasteiger partial charge is 0.461 e. The van der Waals surface area contributed by atoms with Gasteiger partial charge in [0, 0.05) is 33.4 Å². The van der Waals surface area contributed by atoms with Crippen molar-refractivity contribution in [1.82, 2.24) is 19.1 Å². The van der Waals surface area contributed by atoms with Crippen LogP contribution < -0.4 is 0 Å². The highest BCUT2D eigenvalue weighted by Gasteiger charge is 2.28. The first-order valence-corrected chi connectivity index (χ1v) is 18.0. The van der Waals surface area contributed by atoms with Crippen LogP contribution >= 0.6 is 0 Å². The van der Waals surface area contributed by atoms with Gasteiger partial charge in [-0.3, -0.25) is 19.1 Å². The summed E-state index contributed by atoms with van der Waals surface area (Å²) in [6.07, 6.45) is 16.3. The molecule has 0 atom stereocenters. The topological polar surface area (TPSA) is 113 Å². The highest BCUT2D eigenvalue weighted by atomic mass is 19.1. The Morgan fingerprint density at radius 2 is 1.16 bits per heavy atom. The molecule has 11 heteroatoms. The van der Waals surface area contributed by atoms with E-state index in [2.05, 4.69) is 21.8 Å². The van der Waals surface area contributed by atoms with Crippen LogP contribution in [0.3, 0.4) is 0 Å². The van der Waals surface area contributed by atoms with Crippen LogP contribution in [0.4, 0.5) is 4.39 Å². The summed E-state index contributed by atoms with van der Waals surface area (Å²) in [6, 6.07) is 27.3. The summed E-state index contributed by atoms with van der Waals surface area (Å²) >= 11 is 0. The molecule has 2 aromatic heterocycles. The van der Waals surface area contributed by atoms with Gasteiger partial charge in [-0.1, -0.05) is 54.3 Å². The van der Waals surface area contributed by atoms with Crippen LogP contribution in [0.5, 0.6) is 0 Å². The maximum Gasteiger partial charge on any atom is 0.358 e. The van der Waals surface area contributed by atoms with Crippen molar-refractivity contribution in [2.75, 3.05) is 13.2 Å². The lowest BCUT2D eigenvalue weighted by Crippen LogP contribution is -2.12. The molecule has 2 aliphatic rings. The number of esters is 2. The number of terminal acetylenes is 2. The zero-order valence-electron chi connectivity index (χ0n) is 30.1. The Bertz CT molecular complexity index is 2660. The van der Waals surface area contributed by atoms with Gasteiger partial charge in [-0.05, 0) is 67.8 Å². The molecule has 0 bridgehead atoms. The molecule has 6 aromatic rings. The zero-order valence-corrected chi connectivity index (χ0v) is 30.1. The van der Waals surface area contributed by atoms with Gasteiger partial charge in [0.1, 0.15) is 18.5 Å². The number of imidazole rings is 2. The van der Waals surface area contributed by atoms with Crippen molar-refractivity contribution in [2.24, 2.45) is 9.98 Å². The second-order valence-corrected chi connectivity index (χ2v) is 13.1. The van der Waals surface area contributed by atoms with Crippen LogP contribution in [0.25, 0.3) is 11.4 Å². The van der Waals surface area contributed by atoms with Gasteiger partial charge in [-0.2, -0.15) is 0 Å². The molecule has 0 saturated carbocycles. The van der Waals surface area contributed by atoms with Gasteiger partial charge in [0.25, 0.3) is 0 Å². The van der Waals surface area contributed by atoms with Gasteiger partial charge >= 0.3 is 11.9 Å². The van der Waals surface area contributed by atoms with Gasteiger partial charge < -0.3 is 9.47 Å². The minimum absolute atomic E-state index is 0.0687. The highest BCUT2D eigenvalue weighted by molar-refractivity contribution is 6.16. The fraction of sp³-hybridized carbons (Fsp3) is 0.156. The van der Waals surface area contributed by atoms with E-state index in [1.807, 2.05) is 59.2 Å². The molecule has 0 aliphatic carbocycles. The molecular weight excluding hydrogens is 708 g/mol. The van der Waals surface area contributed by atoms with Crippen LogP contribution in [0.2, 0.25) is 0 Å². The molecule has 0 saturated heterocycles. The van der Waals surface area contributed by atoms with Crippen molar-refractivity contribution >= 4 is 23.4 Å². The molecule has 2 aliphatic heterocycles. The van der Waals surface area contributed by atoms with Crippen LogP contribution in [-0.2, 0) is 22.6 Å². The first-order chi connectivity index (χ1) is 27.4. The van der Waals surface area contributed by atoms with Crippen LogP contribution in [0.15, 0.2) is 114 Å². The third-order valence-electron chi connectivity index (χ3n) is 9.68. The average Bonchev–Trinajstić information content (AvgIpc) is 3.77. The van der Waals surface area contributed by atoms with E-state index < -0.39 is 17.8 Å². The Balaban J connectivity index is 0.880. The number of nitrogens with zero attached hydrogens (tertiary/aromatic N) is 6. The van der Waals surface area contributed by atoms with Gasteiger partial charge in [0.2, 0.25) is 0 Å². The fourth-order valence-corrected chi connectivity index (χ4v) is 6.91. The third kappa shape index (κ3) is 6.78. The number of hydrogen-bond acceptors (Lipinski definition) is 8. The number of hydrogen-bond donors (Lipinski definition) is 0. The number of benzene rings is 4. The van der Waals surface area contributed by atoms with E-state index in [0.29, 0.717) is 58.7 Å². The lowest BCUT2D eigenvalue weighted by Gasteiger charge is -2.13. The minimum atomic E-state index is -0.591. The van der Waals surface area contributed by atoms with Gasteiger partial charge in [-0.15, -0.1) is 12.8 Å². The quantitative estimate of drug-likeness (QED) is 0.0846. The molecular formula is C45H33FN6O4. The van der Waals surface area contributed by atoms with Gasteiger partial charge in [0.15, 0.2) is 11.4 Å². The van der Waals surface area contributed by atoms with Crippen molar-refractivity contribution < 1.29 is 23.5 Å². The van der Waals surface area contributed by atoms with Crippen LogP contribution in [0, 0.1) is 30.5 Å². The van der Waals surface area contributed by atoms with Gasteiger partial charge in [-0.25, -0.2) is 23.9 Å². The second-order valence-electron chi connectivity index (χ2n) is 13.1. The summed E-state index contributed by atoms with van der Waals surface area (Å²) < 4.78 is 29.8. The monoisotopic (exact) mass is 740 g/mol. The molecule has 0 spiro atoms. The number of carbonyl (C=O) groups excluding carboxylic acids is 2. The molecule has 4 aromatic carbocycles. The minimum Gasteiger partial charge on any atom is -0.461 e. The average molecular weight is 741 g/mol. The summed E-state index contributed by atoms with van der Waals surface area (Å²) in [5, 5.41) is 0. The van der Waals surface area contributed by atoms with Crippen LogP contribution in [0.1, 0.15) is 85.0 Å². The molecule has 0 unspecified atom stereocenters. The predicted octanol–water partition coefficient (Wildman–Crippen LogP) is 7.05. The Labute approximate surface area is 322 Å². The summed E-state index contributed by atoms with van der Waals surface area (Å²) in [4.78, 5) is 44.9. The highest BCUT2D eigenvalue weighted by Crippen LogP contribution is 2.30. The Kier molecular flexibility index (Phi) is 9.89. The van der Waals surface area contributed by atoms with Crippen molar-refractivity contribution in [3.63, 3.8) is 0 Å². The number of ether oxygens (including phenoxy) is 2. The van der Waals surface area contributed by atoms with E-state index in [-0.39, 0.29) is 37.7 Å². The summed E-state index contributed by atoms with van der Waals surface area (Å²) in [7, 11) is 0. The lowest BCUT2D eigenvalue weighted by molar-refractivity contribution is 0.0470. The predicted molar refractivity (Wildman–Crippen MR) is 209 cm³/mol. The third-order valence-corrected chi connectivity index (χ3v) is 9.68. The number of unbranched alkanes of at least 4 members (excludes halogenated alkanes) is 2. The van der Waals surface area contributed by atoms with E-state index in [1.165, 1.54) is 12.4 Å². The summed E-state index contributed by atoms with van der Waals surface area (Å²) in [6.45, 7) is 0.594. The molecule has 274 valence electrons. The first-order valence-electron chi connectivity index (χ1n) is 18.0. The number of aromatic nitrogens is 4. The van der Waals surface area contributed by atoms with Crippen molar-refractivity contribution in [3.05, 3.63) is 166 Å². The molecule has 4 heterocycles. The number of aliphatic imine (C=N–C) groups is 2. The fourth-order valence-electron chi connectivity index (χ4n) is 6.91. The summed E-state index contributed by atoms with van der Waals surface area (Å²) in [5.41, 5.74) is 8.22. The SMILES string of the molecule is C#Cc1ccc2c(c1)C(c1ccccc1)=NCc1c(C(=O)OCCCCCOC(=O)c3ncn4c3CN=C(c3ccccc3F)c3cc(C#C)ccc3-4)ncn1-2. The smallest absolute Gasteiger partial charge is 0.358 e. The molecule has 0 amide bonds. The molecule has 10 nitrogen and oxygen atoms in total. The Hall–Kier alpha value is -7.37. The second kappa shape index (κ2) is 15.5. The Morgan fingerprint density at radius 3 is 1.71 bits per heavy atom. The standard InChI is InChI=1S/C45H33FN6O4/c1-3-29-17-19-36-33(23-29)40(31-13-7-5-8-14-31)47-25-38-42(49-27-51(36)38)44(53)55-21-11-6-12-22-56-45(54)43-39-26-48-41(32-15-9-10-16-35(32)46)34-24-30(4-2)18-20-37(34)52(39)28-50-43/h1-2,5,7-10,13-20,23-24,27-28H,6,11-12,21-22,25-26H2. The van der Waals surface area contributed by atoms with E-state index in [4.69, 9.17) is 32.3 Å². The Morgan fingerprint density at radius 1 is 0.643 bits per heavy atom. The maximum atomic E-state index is 14.9. The number of fused-ring (bicyclic) bond motifs is 6. The zero-order chi connectivity index (χ0) is 38.6. The number of carbonyl (C=O) groups is 2. The normalized spacial score (nSPS) is 12.6. The van der Waals surface area contributed by atoms with Crippen molar-refractivity contribution in [3.8, 4) is 36.1 Å². The van der Waals surface area contributed by atoms with Crippen LogP contribution in [-0.4, -0.2) is 55.7 Å². The molecule has 0 fully saturated rings. The van der Waals surface area contributed by atoms with Crippen molar-refractivity contribution in [2.45, 2.75) is 32.4 Å². The number of halogens is 1.